The molecule has 0 aromatic carbocycles. The van der Waals surface area contributed by atoms with Crippen LogP contribution in [-0.4, -0.2) is 4.98 Å². The molecule has 14 heavy (non-hydrogen) atoms. The molecule has 74 valence electrons. The van der Waals surface area contributed by atoms with Crippen LogP contribution in [0.15, 0.2) is 6.07 Å². The van der Waals surface area contributed by atoms with Crippen molar-refractivity contribution in [3.63, 3.8) is 0 Å². The Morgan fingerprint density at radius 3 is 2.64 bits per heavy atom. The standard InChI is InChI=1S/C8H6F3N3/c9-7(10)5-1-4(2-12)8(11)14-6(5)3-13/h1,7H,2,12H2. The molecule has 0 aliphatic heterocycles. The van der Waals surface area contributed by atoms with E-state index in [1.165, 1.54) is 6.07 Å². The number of nitrogens with two attached hydrogens (primary N) is 1. The number of hydrogen-bond acceptors (Lipinski definition) is 3. The Morgan fingerprint density at radius 1 is 1.57 bits per heavy atom. The van der Waals surface area contributed by atoms with Gasteiger partial charge in [0.15, 0.2) is 5.69 Å². The Bertz CT molecular complexity index is 384. The molecule has 1 aromatic heterocycles. The van der Waals surface area contributed by atoms with Crippen molar-refractivity contribution in [2.75, 3.05) is 0 Å². The summed E-state index contributed by atoms with van der Waals surface area (Å²) in [7, 11) is 0. The summed E-state index contributed by atoms with van der Waals surface area (Å²) in [5.74, 6) is -0.978. The molecule has 0 spiro atoms. The van der Waals surface area contributed by atoms with E-state index in [0.717, 1.165) is 6.07 Å². The number of nitrogens with zero attached hydrogens (tertiary/aromatic N) is 2. The molecule has 0 saturated carbocycles. The highest BCUT2D eigenvalue weighted by Gasteiger charge is 2.17. The first kappa shape index (κ1) is 10.5. The summed E-state index contributed by atoms with van der Waals surface area (Å²) >= 11 is 0. The summed E-state index contributed by atoms with van der Waals surface area (Å²) in [6.45, 7) is -0.232. The van der Waals surface area contributed by atoms with Crippen LogP contribution >= 0.6 is 0 Å². The molecule has 2 N–H and O–H groups in total. The zero-order valence-electron chi connectivity index (χ0n) is 6.97. The van der Waals surface area contributed by atoms with E-state index in [9.17, 15) is 13.2 Å². The molecule has 0 amide bonds. The highest BCUT2D eigenvalue weighted by Crippen LogP contribution is 2.23. The van der Waals surface area contributed by atoms with Crippen molar-refractivity contribution in [2.45, 2.75) is 13.0 Å². The average Bonchev–Trinajstić information content (AvgIpc) is 2.16. The van der Waals surface area contributed by atoms with Crippen molar-refractivity contribution in [3.05, 3.63) is 28.8 Å². The van der Waals surface area contributed by atoms with E-state index in [1.807, 2.05) is 0 Å². The molecule has 0 saturated heterocycles. The van der Waals surface area contributed by atoms with Gasteiger partial charge in [0.1, 0.15) is 6.07 Å². The van der Waals surface area contributed by atoms with Crippen molar-refractivity contribution in [2.24, 2.45) is 5.73 Å². The molecule has 0 bridgehead atoms. The quantitative estimate of drug-likeness (QED) is 0.737. The van der Waals surface area contributed by atoms with Crippen LogP contribution < -0.4 is 5.73 Å². The topological polar surface area (TPSA) is 62.7 Å². The maximum absolute atomic E-state index is 12.9. The van der Waals surface area contributed by atoms with Gasteiger partial charge in [-0.25, -0.2) is 13.8 Å². The van der Waals surface area contributed by atoms with Crippen molar-refractivity contribution in [1.82, 2.24) is 4.98 Å². The number of aromatic nitrogens is 1. The number of nitriles is 1. The largest absolute Gasteiger partial charge is 0.326 e. The summed E-state index contributed by atoms with van der Waals surface area (Å²) in [4.78, 5) is 3.10. The Balaban J connectivity index is 3.34. The van der Waals surface area contributed by atoms with Crippen LogP contribution in [0.5, 0.6) is 0 Å². The minimum absolute atomic E-state index is 0.126. The van der Waals surface area contributed by atoms with Gasteiger partial charge >= 0.3 is 0 Å². The number of hydrogen-bond donors (Lipinski definition) is 1. The van der Waals surface area contributed by atoms with Crippen molar-refractivity contribution < 1.29 is 13.2 Å². The zero-order valence-corrected chi connectivity index (χ0v) is 6.97. The molecule has 0 atom stereocenters. The van der Waals surface area contributed by atoms with Gasteiger partial charge in [-0.15, -0.1) is 0 Å². The van der Waals surface area contributed by atoms with Crippen LogP contribution in [-0.2, 0) is 6.54 Å². The first-order valence-electron chi connectivity index (χ1n) is 3.67. The molecule has 6 heteroatoms. The lowest BCUT2D eigenvalue weighted by Crippen LogP contribution is -2.06. The van der Waals surface area contributed by atoms with Gasteiger partial charge < -0.3 is 5.73 Å². The molecule has 0 radical (unpaired) electrons. The van der Waals surface area contributed by atoms with Gasteiger partial charge in [-0.05, 0) is 6.07 Å². The second-order valence-corrected chi connectivity index (χ2v) is 2.49. The van der Waals surface area contributed by atoms with Gasteiger partial charge in [-0.3, -0.25) is 0 Å². The Morgan fingerprint density at radius 2 is 2.21 bits per heavy atom. The first-order valence-corrected chi connectivity index (χ1v) is 3.67. The lowest BCUT2D eigenvalue weighted by molar-refractivity contribution is 0.150. The van der Waals surface area contributed by atoms with E-state index in [-0.39, 0.29) is 12.1 Å². The maximum atomic E-state index is 12.9. The molecule has 0 unspecified atom stereocenters. The highest BCUT2D eigenvalue weighted by molar-refractivity contribution is 5.35. The SMILES string of the molecule is N#Cc1nc(F)c(CN)cc1C(F)F. The fourth-order valence-electron chi connectivity index (χ4n) is 0.949. The lowest BCUT2D eigenvalue weighted by atomic mass is 10.1. The van der Waals surface area contributed by atoms with Gasteiger partial charge in [-0.2, -0.15) is 9.65 Å². The third-order valence-electron chi connectivity index (χ3n) is 1.64. The molecule has 3 nitrogen and oxygen atoms in total. The summed E-state index contributed by atoms with van der Waals surface area (Å²) < 4.78 is 37.5. The van der Waals surface area contributed by atoms with E-state index in [4.69, 9.17) is 11.0 Å². The Labute approximate surface area is 78.0 Å². The van der Waals surface area contributed by atoms with E-state index in [1.54, 1.807) is 0 Å². The molecule has 0 aliphatic rings. The molecule has 0 fully saturated rings. The van der Waals surface area contributed by atoms with Gasteiger partial charge in [-0.1, -0.05) is 0 Å². The van der Waals surface area contributed by atoms with Crippen molar-refractivity contribution >= 4 is 0 Å². The third-order valence-corrected chi connectivity index (χ3v) is 1.64. The summed E-state index contributed by atoms with van der Waals surface area (Å²) in [5, 5.41) is 8.41. The average molecular weight is 201 g/mol. The minimum atomic E-state index is -2.86. The first-order chi connectivity index (χ1) is 6.60. The molecule has 1 heterocycles. The van der Waals surface area contributed by atoms with E-state index in [0.29, 0.717) is 0 Å². The van der Waals surface area contributed by atoms with Gasteiger partial charge in [0.25, 0.3) is 6.43 Å². The maximum Gasteiger partial charge on any atom is 0.266 e. The molecular weight excluding hydrogens is 195 g/mol. The second kappa shape index (κ2) is 4.07. The summed E-state index contributed by atoms with van der Waals surface area (Å²) in [6, 6.07) is 2.26. The highest BCUT2D eigenvalue weighted by atomic mass is 19.3. The normalized spacial score (nSPS) is 10.3. The van der Waals surface area contributed by atoms with E-state index in [2.05, 4.69) is 4.98 Å². The Kier molecular flexibility index (Phi) is 3.04. The van der Waals surface area contributed by atoms with Crippen molar-refractivity contribution in [3.8, 4) is 6.07 Å². The molecular formula is C8H6F3N3. The number of alkyl halides is 2. The number of pyridine rings is 1. The van der Waals surface area contributed by atoms with Crippen LogP contribution in [0.25, 0.3) is 0 Å². The number of halogens is 3. The molecule has 1 rings (SSSR count). The molecule has 0 aliphatic carbocycles. The van der Waals surface area contributed by atoms with Gasteiger partial charge in [0, 0.05) is 12.1 Å². The minimum Gasteiger partial charge on any atom is -0.326 e. The molecule has 1 aromatic rings. The van der Waals surface area contributed by atoms with Crippen LogP contribution in [0.2, 0.25) is 0 Å². The van der Waals surface area contributed by atoms with E-state index >= 15 is 0 Å². The monoisotopic (exact) mass is 201 g/mol. The summed E-state index contributed by atoms with van der Waals surface area (Å²) in [6.07, 6.45) is -2.86. The lowest BCUT2D eigenvalue weighted by Gasteiger charge is -2.05. The predicted molar refractivity (Wildman–Crippen MR) is 41.8 cm³/mol. The van der Waals surface area contributed by atoms with Gasteiger partial charge in [0.2, 0.25) is 5.95 Å². The third kappa shape index (κ3) is 1.83. The summed E-state index contributed by atoms with van der Waals surface area (Å²) in [5.41, 5.74) is 3.79. The second-order valence-electron chi connectivity index (χ2n) is 2.49. The smallest absolute Gasteiger partial charge is 0.266 e. The van der Waals surface area contributed by atoms with Gasteiger partial charge in [0.05, 0.1) is 5.56 Å². The number of rotatable bonds is 2. The predicted octanol–water partition coefficient (Wildman–Crippen LogP) is 1.49. The fraction of sp³-hybridized carbons (Fsp3) is 0.250. The van der Waals surface area contributed by atoms with Crippen LogP contribution in [0.4, 0.5) is 13.2 Å². The van der Waals surface area contributed by atoms with Crippen LogP contribution in [0, 0.1) is 17.3 Å². The Hall–Kier alpha value is -1.61. The van der Waals surface area contributed by atoms with E-state index < -0.39 is 23.6 Å². The van der Waals surface area contributed by atoms with Crippen LogP contribution in [0.1, 0.15) is 23.2 Å². The van der Waals surface area contributed by atoms with Crippen LogP contribution in [0.3, 0.4) is 0 Å². The zero-order chi connectivity index (χ0) is 10.7. The van der Waals surface area contributed by atoms with Crippen molar-refractivity contribution in [1.29, 1.82) is 5.26 Å². The fourth-order valence-corrected chi connectivity index (χ4v) is 0.949.